The number of ether oxygens (including phenoxy) is 1. The lowest BCUT2D eigenvalue weighted by molar-refractivity contribution is 0.00883. The van der Waals surface area contributed by atoms with E-state index in [0.717, 1.165) is 18.5 Å². The van der Waals surface area contributed by atoms with E-state index in [2.05, 4.69) is 10.8 Å². The fraction of sp³-hybridized carbons (Fsp3) is 0.462. The maximum atomic E-state index is 11.9. The third kappa shape index (κ3) is 4.83. The number of carbonyl (C=O) groups is 1. The fourth-order valence-electron chi connectivity index (χ4n) is 1.52. The van der Waals surface area contributed by atoms with Crippen LogP contribution in [-0.2, 0) is 16.0 Å². The van der Waals surface area contributed by atoms with Gasteiger partial charge in [-0.15, -0.1) is 0 Å². The molecule has 18 heavy (non-hydrogen) atoms. The van der Waals surface area contributed by atoms with Crippen molar-refractivity contribution in [2.24, 2.45) is 0 Å². The molecule has 1 rings (SSSR count). The summed E-state index contributed by atoms with van der Waals surface area (Å²) in [5, 5.41) is 3.06. The summed E-state index contributed by atoms with van der Waals surface area (Å²) in [7, 11) is 3.47. The Morgan fingerprint density at radius 3 is 2.78 bits per heavy atom. The van der Waals surface area contributed by atoms with Crippen molar-refractivity contribution in [3.8, 4) is 0 Å². The lowest BCUT2D eigenvalue weighted by Crippen LogP contribution is -2.26. The summed E-state index contributed by atoms with van der Waals surface area (Å²) in [5.74, 6) is -0.224. The summed E-state index contributed by atoms with van der Waals surface area (Å²) in [6.07, 6.45) is 0.804. The first kappa shape index (κ1) is 14.6. The van der Waals surface area contributed by atoms with Crippen molar-refractivity contribution in [3.63, 3.8) is 0 Å². The zero-order chi connectivity index (χ0) is 13.2. The van der Waals surface area contributed by atoms with Crippen LogP contribution in [0.15, 0.2) is 24.3 Å². The number of hydrogen-bond acceptors (Lipinski definition) is 4. The van der Waals surface area contributed by atoms with Gasteiger partial charge >= 0.3 is 0 Å². The molecule has 0 heterocycles. The first-order valence-electron chi connectivity index (χ1n) is 5.93. The minimum Gasteiger partial charge on any atom is -0.382 e. The second-order valence-electron chi connectivity index (χ2n) is 3.78. The van der Waals surface area contributed by atoms with Crippen LogP contribution in [0.2, 0.25) is 0 Å². The molecule has 0 aliphatic carbocycles. The molecule has 5 heteroatoms. The lowest BCUT2D eigenvalue weighted by atomic mass is 10.0. The van der Waals surface area contributed by atoms with Crippen molar-refractivity contribution in [1.29, 1.82) is 0 Å². The van der Waals surface area contributed by atoms with Crippen molar-refractivity contribution in [3.05, 3.63) is 35.4 Å². The zero-order valence-corrected chi connectivity index (χ0v) is 10.9. The van der Waals surface area contributed by atoms with Crippen LogP contribution in [0.5, 0.6) is 0 Å². The van der Waals surface area contributed by atoms with E-state index in [-0.39, 0.29) is 5.91 Å². The molecule has 0 aliphatic heterocycles. The van der Waals surface area contributed by atoms with Gasteiger partial charge < -0.3 is 10.1 Å². The molecule has 5 nitrogen and oxygen atoms in total. The van der Waals surface area contributed by atoms with Gasteiger partial charge in [-0.2, -0.15) is 0 Å². The lowest BCUT2D eigenvalue weighted by Gasteiger charge is -2.09. The molecule has 0 atom stereocenters. The van der Waals surface area contributed by atoms with E-state index in [1.165, 1.54) is 0 Å². The molecule has 0 unspecified atom stereocenters. The molecule has 0 saturated carbocycles. The van der Waals surface area contributed by atoms with Crippen molar-refractivity contribution < 1.29 is 14.4 Å². The van der Waals surface area contributed by atoms with Crippen LogP contribution in [0.25, 0.3) is 0 Å². The fourth-order valence-corrected chi connectivity index (χ4v) is 1.52. The van der Waals surface area contributed by atoms with Crippen LogP contribution in [0.3, 0.4) is 0 Å². The predicted octanol–water partition coefficient (Wildman–Crippen LogP) is 0.756. The van der Waals surface area contributed by atoms with Crippen LogP contribution in [0.1, 0.15) is 15.9 Å². The number of hydrogen-bond donors (Lipinski definition) is 2. The molecular formula is C13H20N2O3. The molecule has 0 radical (unpaired) electrons. The van der Waals surface area contributed by atoms with Gasteiger partial charge in [0.2, 0.25) is 0 Å². The van der Waals surface area contributed by atoms with Crippen LogP contribution >= 0.6 is 0 Å². The first-order valence-corrected chi connectivity index (χ1v) is 5.93. The average molecular weight is 252 g/mol. The van der Waals surface area contributed by atoms with Crippen molar-refractivity contribution >= 4 is 5.91 Å². The number of nitrogens with one attached hydrogen (secondary N) is 2. The van der Waals surface area contributed by atoms with Crippen LogP contribution in [0.4, 0.5) is 0 Å². The standard InChI is InChI=1S/C13H20N2O3/c1-14-8-7-11-5-3-4-6-12(11)13(16)15-18-10-9-17-2/h3-6,14H,7-10H2,1-2H3,(H,15,16). The van der Waals surface area contributed by atoms with E-state index >= 15 is 0 Å². The summed E-state index contributed by atoms with van der Waals surface area (Å²) in [6, 6.07) is 7.50. The second-order valence-corrected chi connectivity index (χ2v) is 3.78. The summed E-state index contributed by atoms with van der Waals surface area (Å²) in [5.41, 5.74) is 4.05. The minimum absolute atomic E-state index is 0.224. The molecule has 0 spiro atoms. The largest absolute Gasteiger partial charge is 0.382 e. The summed E-state index contributed by atoms with van der Waals surface area (Å²) < 4.78 is 4.82. The van der Waals surface area contributed by atoms with E-state index < -0.39 is 0 Å². The van der Waals surface area contributed by atoms with Crippen LogP contribution < -0.4 is 10.8 Å². The first-order chi connectivity index (χ1) is 8.79. The van der Waals surface area contributed by atoms with Crippen molar-refractivity contribution in [2.75, 3.05) is 33.9 Å². The van der Waals surface area contributed by atoms with E-state index in [1.54, 1.807) is 13.2 Å². The zero-order valence-electron chi connectivity index (χ0n) is 10.9. The van der Waals surface area contributed by atoms with Crippen molar-refractivity contribution in [2.45, 2.75) is 6.42 Å². The summed E-state index contributed by atoms with van der Waals surface area (Å²) in [6.45, 7) is 1.61. The average Bonchev–Trinajstić information content (AvgIpc) is 2.41. The quantitative estimate of drug-likeness (QED) is 0.529. The molecule has 0 saturated heterocycles. The van der Waals surface area contributed by atoms with Gasteiger partial charge in [0.25, 0.3) is 5.91 Å². The molecule has 0 bridgehead atoms. The number of carbonyl (C=O) groups excluding carboxylic acids is 1. The molecular weight excluding hydrogens is 232 g/mol. The molecule has 1 aromatic carbocycles. The molecule has 0 aromatic heterocycles. The van der Waals surface area contributed by atoms with Gasteiger partial charge in [-0.25, -0.2) is 5.48 Å². The number of hydroxylamine groups is 1. The highest BCUT2D eigenvalue weighted by Crippen LogP contribution is 2.09. The summed E-state index contributed by atoms with van der Waals surface area (Å²) in [4.78, 5) is 16.9. The molecule has 0 aliphatic rings. The Morgan fingerprint density at radius 2 is 2.06 bits per heavy atom. The normalized spacial score (nSPS) is 10.3. The Hall–Kier alpha value is -1.43. The van der Waals surface area contributed by atoms with Gasteiger partial charge in [0, 0.05) is 12.7 Å². The van der Waals surface area contributed by atoms with Gasteiger partial charge in [0.05, 0.1) is 13.2 Å². The number of methoxy groups -OCH3 is 1. The third-order valence-electron chi connectivity index (χ3n) is 2.46. The topological polar surface area (TPSA) is 59.6 Å². The number of amides is 1. The Bertz CT molecular complexity index is 369. The van der Waals surface area contributed by atoms with Gasteiger partial charge in [0.1, 0.15) is 0 Å². The highest BCUT2D eigenvalue weighted by Gasteiger charge is 2.10. The molecule has 0 fully saturated rings. The number of benzene rings is 1. The van der Waals surface area contributed by atoms with E-state index in [1.807, 2.05) is 25.2 Å². The van der Waals surface area contributed by atoms with E-state index in [9.17, 15) is 4.79 Å². The maximum Gasteiger partial charge on any atom is 0.275 e. The van der Waals surface area contributed by atoms with E-state index in [0.29, 0.717) is 18.8 Å². The Kier molecular flexibility index (Phi) is 7.01. The molecule has 100 valence electrons. The molecule has 1 aromatic rings. The van der Waals surface area contributed by atoms with Crippen molar-refractivity contribution in [1.82, 2.24) is 10.8 Å². The Morgan fingerprint density at radius 1 is 1.28 bits per heavy atom. The Balaban J connectivity index is 2.55. The third-order valence-corrected chi connectivity index (χ3v) is 2.46. The maximum absolute atomic E-state index is 11.9. The second kappa shape index (κ2) is 8.63. The number of likely N-dealkylation sites (N-methyl/N-ethyl adjacent to an activating group) is 1. The monoisotopic (exact) mass is 252 g/mol. The highest BCUT2D eigenvalue weighted by molar-refractivity contribution is 5.94. The SMILES string of the molecule is CNCCc1ccccc1C(=O)NOCCOC. The molecule has 1 amide bonds. The van der Waals surface area contributed by atoms with Gasteiger partial charge in [0.15, 0.2) is 0 Å². The Labute approximate surface area is 107 Å². The van der Waals surface area contributed by atoms with E-state index in [4.69, 9.17) is 9.57 Å². The van der Waals surface area contributed by atoms with Crippen LogP contribution in [0, 0.1) is 0 Å². The van der Waals surface area contributed by atoms with Gasteiger partial charge in [-0.3, -0.25) is 9.63 Å². The smallest absolute Gasteiger partial charge is 0.275 e. The molecule has 2 N–H and O–H groups in total. The van der Waals surface area contributed by atoms with Gasteiger partial charge in [-0.05, 0) is 31.6 Å². The minimum atomic E-state index is -0.224. The number of rotatable bonds is 8. The highest BCUT2D eigenvalue weighted by atomic mass is 16.7. The van der Waals surface area contributed by atoms with Crippen LogP contribution in [-0.4, -0.2) is 39.8 Å². The summed E-state index contributed by atoms with van der Waals surface area (Å²) >= 11 is 0. The predicted molar refractivity (Wildman–Crippen MR) is 69.4 cm³/mol. The van der Waals surface area contributed by atoms with Gasteiger partial charge in [-0.1, -0.05) is 18.2 Å².